The molecule has 6 nitrogen and oxygen atoms in total. The van der Waals surface area contributed by atoms with Crippen molar-refractivity contribution in [1.82, 2.24) is 14.8 Å². The van der Waals surface area contributed by atoms with Gasteiger partial charge in [-0.25, -0.2) is 0 Å². The number of aromatic hydroxyl groups is 1. The van der Waals surface area contributed by atoms with Gasteiger partial charge in [-0.1, -0.05) is 12.1 Å². The predicted octanol–water partition coefficient (Wildman–Crippen LogP) is 3.07. The number of carbonyl (C=O) groups excluding carboxylic acids is 1. The van der Waals surface area contributed by atoms with E-state index in [0.717, 1.165) is 11.1 Å². The molecular formula is C19H14N4O2. The maximum Gasteiger partial charge on any atom is 0.278 e. The number of nitrogens with two attached hydrogens (primary N) is 1. The lowest BCUT2D eigenvalue weighted by Gasteiger charge is -2.04. The summed E-state index contributed by atoms with van der Waals surface area (Å²) in [5.41, 5.74) is 8.94. The van der Waals surface area contributed by atoms with E-state index in [1.54, 1.807) is 24.5 Å². The van der Waals surface area contributed by atoms with Gasteiger partial charge in [0.1, 0.15) is 5.75 Å². The summed E-state index contributed by atoms with van der Waals surface area (Å²) in [6, 6.07) is 15.6. The van der Waals surface area contributed by atoms with Crippen LogP contribution in [0, 0.1) is 0 Å². The minimum absolute atomic E-state index is 0.0234. The van der Waals surface area contributed by atoms with Crippen LogP contribution in [0.3, 0.4) is 0 Å². The second-order valence-electron chi connectivity index (χ2n) is 5.62. The van der Waals surface area contributed by atoms with E-state index in [9.17, 15) is 9.90 Å². The summed E-state index contributed by atoms with van der Waals surface area (Å²) in [6.07, 6.45) is 3.44. The molecule has 0 aliphatic rings. The lowest BCUT2D eigenvalue weighted by Crippen LogP contribution is -2.13. The normalized spacial score (nSPS) is 10.9. The highest BCUT2D eigenvalue weighted by Crippen LogP contribution is 2.28. The van der Waals surface area contributed by atoms with E-state index in [2.05, 4.69) is 10.1 Å². The number of benzene rings is 2. The highest BCUT2D eigenvalue weighted by molar-refractivity contribution is 6.04. The Morgan fingerprint density at radius 1 is 1.00 bits per heavy atom. The number of aromatic nitrogens is 3. The van der Waals surface area contributed by atoms with E-state index in [-0.39, 0.29) is 17.5 Å². The molecule has 122 valence electrons. The van der Waals surface area contributed by atoms with Gasteiger partial charge in [-0.05, 0) is 53.6 Å². The number of phenolic OH excluding ortho intramolecular Hbond substituents is 1. The number of pyridine rings is 1. The van der Waals surface area contributed by atoms with Gasteiger partial charge in [0.05, 0.1) is 5.52 Å². The second kappa shape index (κ2) is 5.76. The van der Waals surface area contributed by atoms with Crippen LogP contribution in [0.25, 0.3) is 22.0 Å². The molecule has 0 spiro atoms. The molecular weight excluding hydrogens is 316 g/mol. The highest BCUT2D eigenvalue weighted by Gasteiger charge is 2.17. The van der Waals surface area contributed by atoms with E-state index >= 15 is 0 Å². The molecule has 0 amide bonds. The third-order valence-corrected chi connectivity index (χ3v) is 4.01. The van der Waals surface area contributed by atoms with Gasteiger partial charge < -0.3 is 10.8 Å². The first-order valence-electron chi connectivity index (χ1n) is 7.66. The summed E-state index contributed by atoms with van der Waals surface area (Å²) in [7, 11) is 0. The zero-order valence-corrected chi connectivity index (χ0v) is 13.1. The SMILES string of the molecule is Nc1nn(C(=O)c2cccc(O)c2)c2ccc(-c3ccncc3)cc12. The Bertz CT molecular complexity index is 1090. The third-order valence-electron chi connectivity index (χ3n) is 4.01. The maximum absolute atomic E-state index is 12.7. The standard InChI is InChI=1S/C19H14N4O2/c20-18-16-11-13(12-6-8-21-9-7-12)4-5-17(16)23(22-18)19(25)14-2-1-3-15(24)10-14/h1-11,24H,(H2,20,22). The molecule has 2 aromatic carbocycles. The van der Waals surface area contributed by atoms with Crippen molar-refractivity contribution in [1.29, 1.82) is 0 Å². The number of phenols is 1. The summed E-state index contributed by atoms with van der Waals surface area (Å²) in [6.45, 7) is 0. The minimum Gasteiger partial charge on any atom is -0.508 e. The Balaban J connectivity index is 1.83. The molecule has 0 fully saturated rings. The zero-order chi connectivity index (χ0) is 17.4. The van der Waals surface area contributed by atoms with Crippen LogP contribution >= 0.6 is 0 Å². The molecule has 0 radical (unpaired) electrons. The molecule has 0 saturated heterocycles. The molecule has 4 rings (SSSR count). The summed E-state index contributed by atoms with van der Waals surface area (Å²) in [5, 5.41) is 14.5. The van der Waals surface area contributed by atoms with Crippen molar-refractivity contribution in [3.8, 4) is 16.9 Å². The summed E-state index contributed by atoms with van der Waals surface area (Å²) in [5.74, 6) is -0.0519. The summed E-state index contributed by atoms with van der Waals surface area (Å²) >= 11 is 0. The van der Waals surface area contributed by atoms with Crippen LogP contribution < -0.4 is 5.73 Å². The molecule has 2 heterocycles. The van der Waals surface area contributed by atoms with Gasteiger partial charge in [0.25, 0.3) is 5.91 Å². The monoisotopic (exact) mass is 330 g/mol. The van der Waals surface area contributed by atoms with Crippen molar-refractivity contribution in [3.05, 3.63) is 72.6 Å². The van der Waals surface area contributed by atoms with Gasteiger partial charge in [-0.3, -0.25) is 9.78 Å². The van der Waals surface area contributed by atoms with Crippen molar-refractivity contribution >= 4 is 22.6 Å². The van der Waals surface area contributed by atoms with Crippen molar-refractivity contribution in [3.63, 3.8) is 0 Å². The van der Waals surface area contributed by atoms with Gasteiger partial charge >= 0.3 is 0 Å². The molecule has 0 atom stereocenters. The number of anilines is 1. The molecule has 0 aliphatic carbocycles. The number of rotatable bonds is 2. The van der Waals surface area contributed by atoms with E-state index in [1.165, 1.54) is 16.8 Å². The molecule has 0 aliphatic heterocycles. The lowest BCUT2D eigenvalue weighted by atomic mass is 10.1. The molecule has 0 bridgehead atoms. The van der Waals surface area contributed by atoms with Gasteiger partial charge in [0.2, 0.25) is 0 Å². The quantitative estimate of drug-likeness (QED) is 0.589. The molecule has 0 saturated carbocycles. The van der Waals surface area contributed by atoms with E-state index in [0.29, 0.717) is 16.5 Å². The minimum atomic E-state index is -0.353. The Kier molecular flexibility index (Phi) is 3.43. The Hall–Kier alpha value is -3.67. The number of hydrogen-bond acceptors (Lipinski definition) is 5. The van der Waals surface area contributed by atoms with Crippen molar-refractivity contribution in [2.24, 2.45) is 0 Å². The number of carbonyl (C=O) groups is 1. The Labute approximate surface area is 143 Å². The fourth-order valence-corrected chi connectivity index (χ4v) is 2.78. The van der Waals surface area contributed by atoms with Crippen LogP contribution in [-0.4, -0.2) is 25.8 Å². The lowest BCUT2D eigenvalue weighted by molar-refractivity contribution is 0.0950. The van der Waals surface area contributed by atoms with E-state index in [1.807, 2.05) is 30.3 Å². The van der Waals surface area contributed by atoms with Crippen LogP contribution in [0.2, 0.25) is 0 Å². The second-order valence-corrected chi connectivity index (χ2v) is 5.62. The van der Waals surface area contributed by atoms with Gasteiger partial charge in [0, 0.05) is 23.3 Å². The fourth-order valence-electron chi connectivity index (χ4n) is 2.78. The summed E-state index contributed by atoms with van der Waals surface area (Å²) < 4.78 is 1.26. The average Bonchev–Trinajstić information content (AvgIpc) is 2.98. The van der Waals surface area contributed by atoms with Gasteiger partial charge in [0.15, 0.2) is 5.82 Å². The summed E-state index contributed by atoms with van der Waals surface area (Å²) in [4.78, 5) is 16.7. The molecule has 4 aromatic rings. The number of nitrogens with zero attached hydrogens (tertiary/aromatic N) is 3. The number of hydrogen-bond donors (Lipinski definition) is 2. The maximum atomic E-state index is 12.7. The zero-order valence-electron chi connectivity index (χ0n) is 13.1. The first kappa shape index (κ1) is 14.9. The largest absolute Gasteiger partial charge is 0.508 e. The first-order valence-corrected chi connectivity index (χ1v) is 7.66. The van der Waals surface area contributed by atoms with Crippen LogP contribution in [0.1, 0.15) is 10.4 Å². The van der Waals surface area contributed by atoms with Crippen molar-refractivity contribution < 1.29 is 9.90 Å². The van der Waals surface area contributed by atoms with Gasteiger partial charge in [-0.15, -0.1) is 5.10 Å². The molecule has 3 N–H and O–H groups in total. The third kappa shape index (κ3) is 2.59. The Morgan fingerprint density at radius 3 is 2.56 bits per heavy atom. The van der Waals surface area contributed by atoms with Crippen LogP contribution in [0.15, 0.2) is 67.0 Å². The van der Waals surface area contributed by atoms with Crippen LogP contribution in [-0.2, 0) is 0 Å². The smallest absolute Gasteiger partial charge is 0.278 e. The molecule has 0 unspecified atom stereocenters. The average molecular weight is 330 g/mol. The van der Waals surface area contributed by atoms with E-state index in [4.69, 9.17) is 5.73 Å². The first-order chi connectivity index (χ1) is 12.1. The topological polar surface area (TPSA) is 94.0 Å². The number of nitrogen functional groups attached to an aromatic ring is 1. The van der Waals surface area contributed by atoms with E-state index < -0.39 is 0 Å². The van der Waals surface area contributed by atoms with Crippen LogP contribution in [0.5, 0.6) is 5.75 Å². The Morgan fingerprint density at radius 2 is 1.80 bits per heavy atom. The van der Waals surface area contributed by atoms with Crippen molar-refractivity contribution in [2.75, 3.05) is 5.73 Å². The molecule has 25 heavy (non-hydrogen) atoms. The number of fused-ring (bicyclic) bond motifs is 1. The molecule has 6 heteroatoms. The highest BCUT2D eigenvalue weighted by atomic mass is 16.3. The van der Waals surface area contributed by atoms with Crippen molar-refractivity contribution in [2.45, 2.75) is 0 Å². The fraction of sp³-hybridized carbons (Fsp3) is 0. The molecule has 2 aromatic heterocycles. The predicted molar refractivity (Wildman–Crippen MR) is 95.2 cm³/mol. The van der Waals surface area contributed by atoms with Gasteiger partial charge in [-0.2, -0.15) is 4.68 Å². The van der Waals surface area contributed by atoms with Crippen LogP contribution in [0.4, 0.5) is 5.82 Å².